The molecule has 7 heteroatoms. The van der Waals surface area contributed by atoms with E-state index in [1.807, 2.05) is 42.8 Å². The number of hydrogen-bond acceptors (Lipinski definition) is 4. The maximum atomic E-state index is 14.3. The normalized spacial score (nSPS) is 13.5. The van der Waals surface area contributed by atoms with E-state index < -0.39 is 0 Å². The lowest BCUT2D eigenvalue weighted by Gasteiger charge is -2.18. The smallest absolute Gasteiger partial charge is 0.233 e. The summed E-state index contributed by atoms with van der Waals surface area (Å²) in [7, 11) is 1.81. The monoisotopic (exact) mass is 410 g/mol. The van der Waals surface area contributed by atoms with Crippen molar-refractivity contribution in [3.05, 3.63) is 65.5 Å². The number of aromatic nitrogens is 3. The van der Waals surface area contributed by atoms with Gasteiger partial charge in [0.25, 0.3) is 0 Å². The Morgan fingerprint density at radius 2 is 1.90 bits per heavy atom. The lowest BCUT2D eigenvalue weighted by molar-refractivity contribution is -0.127. The Morgan fingerprint density at radius 1 is 1.17 bits per heavy atom. The van der Waals surface area contributed by atoms with Crippen LogP contribution in [0.15, 0.2) is 53.7 Å². The highest BCUT2D eigenvalue weighted by Gasteiger charge is 2.31. The average molecular weight is 411 g/mol. The van der Waals surface area contributed by atoms with Gasteiger partial charge in [-0.05, 0) is 43.0 Å². The van der Waals surface area contributed by atoms with Crippen LogP contribution in [0.25, 0.3) is 11.4 Å². The van der Waals surface area contributed by atoms with Crippen molar-refractivity contribution in [2.24, 2.45) is 0 Å². The van der Waals surface area contributed by atoms with Crippen LogP contribution < -0.4 is 0 Å². The Morgan fingerprint density at radius 3 is 2.62 bits per heavy atom. The van der Waals surface area contributed by atoms with Crippen LogP contribution in [0.4, 0.5) is 4.39 Å². The molecule has 1 amide bonds. The molecule has 1 saturated carbocycles. The number of benzene rings is 2. The van der Waals surface area contributed by atoms with Crippen LogP contribution in [0.3, 0.4) is 0 Å². The van der Waals surface area contributed by atoms with Crippen molar-refractivity contribution in [3.8, 4) is 11.4 Å². The lowest BCUT2D eigenvalue weighted by Crippen LogP contribution is -2.28. The van der Waals surface area contributed by atoms with Crippen LogP contribution in [0.5, 0.6) is 0 Å². The largest absolute Gasteiger partial charge is 0.341 e. The van der Waals surface area contributed by atoms with Gasteiger partial charge in [-0.2, -0.15) is 0 Å². The van der Waals surface area contributed by atoms with Crippen molar-refractivity contribution in [3.63, 3.8) is 0 Å². The third-order valence-electron chi connectivity index (χ3n) is 5.11. The number of thioether (sulfide) groups is 1. The zero-order valence-electron chi connectivity index (χ0n) is 16.5. The first-order chi connectivity index (χ1) is 14.0. The molecule has 0 N–H and O–H groups in total. The Bertz CT molecular complexity index is 1030. The van der Waals surface area contributed by atoms with E-state index in [9.17, 15) is 9.18 Å². The number of rotatable bonds is 7. The van der Waals surface area contributed by atoms with Gasteiger partial charge < -0.3 is 4.90 Å². The minimum Gasteiger partial charge on any atom is -0.341 e. The number of nitrogens with zero attached hydrogens (tertiary/aromatic N) is 4. The van der Waals surface area contributed by atoms with Gasteiger partial charge in [0, 0.05) is 19.6 Å². The van der Waals surface area contributed by atoms with Gasteiger partial charge in [0.15, 0.2) is 11.0 Å². The van der Waals surface area contributed by atoms with E-state index in [0.717, 1.165) is 18.4 Å². The summed E-state index contributed by atoms with van der Waals surface area (Å²) in [6, 6.07) is 14.9. The van der Waals surface area contributed by atoms with Crippen LogP contribution in [0.2, 0.25) is 0 Å². The van der Waals surface area contributed by atoms with E-state index in [4.69, 9.17) is 0 Å². The molecule has 29 heavy (non-hydrogen) atoms. The summed E-state index contributed by atoms with van der Waals surface area (Å²) < 4.78 is 16.2. The summed E-state index contributed by atoms with van der Waals surface area (Å²) in [5.74, 6) is 0.516. The van der Waals surface area contributed by atoms with E-state index in [0.29, 0.717) is 23.1 Å². The van der Waals surface area contributed by atoms with Gasteiger partial charge in [-0.15, -0.1) is 10.2 Å². The molecule has 0 atom stereocenters. The van der Waals surface area contributed by atoms with Gasteiger partial charge in [-0.25, -0.2) is 4.39 Å². The molecular weight excluding hydrogens is 387 g/mol. The van der Waals surface area contributed by atoms with Crippen LogP contribution >= 0.6 is 11.8 Å². The summed E-state index contributed by atoms with van der Waals surface area (Å²) in [5.41, 5.74) is 2.75. The molecule has 0 unspecified atom stereocenters. The molecule has 1 aliphatic carbocycles. The summed E-state index contributed by atoms with van der Waals surface area (Å²) in [6.45, 7) is 2.62. The molecule has 150 valence electrons. The number of hydrogen-bond donors (Lipinski definition) is 0. The molecule has 0 aliphatic heterocycles. The SMILES string of the molecule is Cc1ccccc1CN(C)C(=O)CSc1nnc(-c2ccccc2F)n1C1CC1. The third-order valence-corrected chi connectivity index (χ3v) is 6.04. The second-order valence-corrected chi connectivity index (χ2v) is 8.29. The molecule has 4 rings (SSSR count). The van der Waals surface area contributed by atoms with Crippen LogP contribution in [0.1, 0.15) is 30.0 Å². The third kappa shape index (κ3) is 4.34. The summed E-state index contributed by atoms with van der Waals surface area (Å²) in [6.07, 6.45) is 2.04. The molecule has 0 bridgehead atoms. The zero-order chi connectivity index (χ0) is 20.4. The van der Waals surface area contributed by atoms with Gasteiger partial charge in [0.1, 0.15) is 5.82 Å². The van der Waals surface area contributed by atoms with E-state index in [1.54, 1.807) is 23.1 Å². The molecule has 2 aromatic carbocycles. The zero-order valence-corrected chi connectivity index (χ0v) is 17.3. The van der Waals surface area contributed by atoms with Crippen molar-refractivity contribution < 1.29 is 9.18 Å². The minimum atomic E-state index is -0.313. The van der Waals surface area contributed by atoms with Crippen molar-refractivity contribution in [1.82, 2.24) is 19.7 Å². The van der Waals surface area contributed by atoms with E-state index >= 15 is 0 Å². The highest BCUT2D eigenvalue weighted by atomic mass is 32.2. The minimum absolute atomic E-state index is 0.0241. The molecule has 1 aliphatic rings. The predicted octanol–water partition coefficient (Wildman–Crippen LogP) is 4.48. The van der Waals surface area contributed by atoms with Crippen LogP contribution in [-0.2, 0) is 11.3 Å². The first kappa shape index (κ1) is 19.6. The summed E-state index contributed by atoms with van der Waals surface area (Å²) in [5, 5.41) is 9.17. The number of carbonyl (C=O) groups excluding carboxylic acids is 1. The average Bonchev–Trinajstić information content (AvgIpc) is 3.47. The summed E-state index contributed by atoms with van der Waals surface area (Å²) in [4.78, 5) is 14.4. The van der Waals surface area contributed by atoms with Gasteiger partial charge >= 0.3 is 0 Å². The van der Waals surface area contributed by atoms with E-state index in [2.05, 4.69) is 10.2 Å². The number of aryl methyl sites for hydroxylation is 1. The quantitative estimate of drug-likeness (QED) is 0.539. The maximum absolute atomic E-state index is 14.3. The molecule has 0 saturated heterocycles. The molecule has 1 heterocycles. The highest BCUT2D eigenvalue weighted by molar-refractivity contribution is 7.99. The fourth-order valence-corrected chi connectivity index (χ4v) is 4.18. The molecule has 1 aromatic heterocycles. The Balaban J connectivity index is 1.47. The van der Waals surface area contributed by atoms with Crippen LogP contribution in [-0.4, -0.2) is 38.4 Å². The second kappa shape index (κ2) is 8.37. The van der Waals surface area contributed by atoms with Gasteiger partial charge in [0.05, 0.1) is 11.3 Å². The maximum Gasteiger partial charge on any atom is 0.233 e. The molecular formula is C22H23FN4OS. The number of carbonyl (C=O) groups is 1. The molecule has 0 spiro atoms. The van der Waals surface area contributed by atoms with Gasteiger partial charge in [0.2, 0.25) is 5.91 Å². The molecule has 0 radical (unpaired) electrons. The van der Waals surface area contributed by atoms with Gasteiger partial charge in [-0.3, -0.25) is 9.36 Å². The first-order valence-electron chi connectivity index (χ1n) is 9.65. The molecule has 5 nitrogen and oxygen atoms in total. The topological polar surface area (TPSA) is 51.0 Å². The van der Waals surface area contributed by atoms with E-state index in [1.165, 1.54) is 23.4 Å². The highest BCUT2D eigenvalue weighted by Crippen LogP contribution is 2.41. The molecule has 3 aromatic rings. The van der Waals surface area contributed by atoms with Crippen molar-refractivity contribution >= 4 is 17.7 Å². The standard InChI is InChI=1S/C22H23FN4OS/c1-15-7-3-4-8-16(15)13-26(2)20(28)14-29-22-25-24-21(27(22)17-11-12-17)18-9-5-6-10-19(18)23/h3-10,17H,11-14H2,1-2H3. The molecule has 1 fully saturated rings. The van der Waals surface area contributed by atoms with Crippen molar-refractivity contribution in [2.45, 2.75) is 37.5 Å². The Kier molecular flexibility index (Phi) is 5.67. The van der Waals surface area contributed by atoms with Crippen molar-refractivity contribution in [1.29, 1.82) is 0 Å². The lowest BCUT2D eigenvalue weighted by atomic mass is 10.1. The fraction of sp³-hybridized carbons (Fsp3) is 0.318. The number of amides is 1. The van der Waals surface area contributed by atoms with Crippen LogP contribution in [0, 0.1) is 12.7 Å². The number of halogens is 1. The van der Waals surface area contributed by atoms with E-state index in [-0.39, 0.29) is 23.5 Å². The Hall–Kier alpha value is -2.67. The Labute approximate surface area is 173 Å². The predicted molar refractivity (Wildman–Crippen MR) is 112 cm³/mol. The first-order valence-corrected chi connectivity index (χ1v) is 10.6. The van der Waals surface area contributed by atoms with Crippen molar-refractivity contribution in [2.75, 3.05) is 12.8 Å². The fourth-order valence-electron chi connectivity index (χ4n) is 3.23. The van der Waals surface area contributed by atoms with Gasteiger partial charge in [-0.1, -0.05) is 48.2 Å². The second-order valence-electron chi connectivity index (χ2n) is 7.35. The summed E-state index contributed by atoms with van der Waals surface area (Å²) >= 11 is 1.36.